The summed E-state index contributed by atoms with van der Waals surface area (Å²) in [7, 11) is 3.46. The first-order valence-electron chi connectivity index (χ1n) is 9.89. The van der Waals surface area contributed by atoms with Gasteiger partial charge in [-0.05, 0) is 35.4 Å². The van der Waals surface area contributed by atoms with E-state index in [1.54, 1.807) is 43.3 Å². The number of amides is 2. The minimum Gasteiger partial charge on any atom is -0.492 e. The van der Waals surface area contributed by atoms with E-state index >= 15 is 0 Å². The van der Waals surface area contributed by atoms with Crippen molar-refractivity contribution in [3.8, 4) is 5.75 Å². The van der Waals surface area contributed by atoms with Gasteiger partial charge in [0.05, 0.1) is 18.6 Å². The smallest absolute Gasteiger partial charge is 0.259 e. The maximum Gasteiger partial charge on any atom is 0.259 e. The third kappa shape index (κ3) is 5.95. The van der Waals surface area contributed by atoms with Crippen LogP contribution in [0.1, 0.15) is 21.5 Å². The summed E-state index contributed by atoms with van der Waals surface area (Å²) in [5.41, 5.74) is 3.24. The highest BCUT2D eigenvalue weighted by atomic mass is 16.5. The van der Waals surface area contributed by atoms with Crippen molar-refractivity contribution < 1.29 is 14.3 Å². The van der Waals surface area contributed by atoms with Crippen LogP contribution in [0, 0.1) is 0 Å². The normalized spacial score (nSPS) is 10.3. The fraction of sp³-hybridized carbons (Fsp3) is 0.200. The quantitative estimate of drug-likeness (QED) is 0.615. The molecule has 5 nitrogen and oxygen atoms in total. The van der Waals surface area contributed by atoms with E-state index in [1.807, 2.05) is 42.5 Å². The zero-order valence-electron chi connectivity index (χ0n) is 17.3. The average Bonchev–Trinajstić information content (AvgIpc) is 2.76. The van der Waals surface area contributed by atoms with Crippen molar-refractivity contribution in [1.82, 2.24) is 4.90 Å². The van der Waals surface area contributed by atoms with Crippen LogP contribution in [-0.4, -0.2) is 37.4 Å². The van der Waals surface area contributed by atoms with Gasteiger partial charge in [0.15, 0.2) is 0 Å². The van der Waals surface area contributed by atoms with E-state index in [0.29, 0.717) is 30.0 Å². The van der Waals surface area contributed by atoms with Crippen molar-refractivity contribution in [2.24, 2.45) is 0 Å². The topological polar surface area (TPSA) is 58.6 Å². The minimum absolute atomic E-state index is 0.0355. The Morgan fingerprint density at radius 3 is 2.20 bits per heavy atom. The van der Waals surface area contributed by atoms with Crippen molar-refractivity contribution in [3.63, 3.8) is 0 Å². The van der Waals surface area contributed by atoms with Gasteiger partial charge in [-0.15, -0.1) is 0 Å². The van der Waals surface area contributed by atoms with E-state index in [2.05, 4.69) is 17.4 Å². The molecule has 3 aromatic carbocycles. The van der Waals surface area contributed by atoms with Gasteiger partial charge in [-0.1, -0.05) is 54.6 Å². The minimum atomic E-state index is -0.234. The lowest BCUT2D eigenvalue weighted by Gasteiger charge is -2.13. The molecule has 0 fully saturated rings. The van der Waals surface area contributed by atoms with Crippen molar-refractivity contribution in [3.05, 3.63) is 95.6 Å². The van der Waals surface area contributed by atoms with Gasteiger partial charge in [-0.2, -0.15) is 0 Å². The number of likely N-dealkylation sites (N-methyl/N-ethyl adjacent to an activating group) is 1. The average molecular weight is 402 g/mol. The molecule has 154 valence electrons. The van der Waals surface area contributed by atoms with Crippen LogP contribution in [0.2, 0.25) is 0 Å². The standard InChI is InChI=1S/C25H26N2O3/c1-27(2)24(28)18-20-12-14-21(15-13-20)26-25(29)22-10-6-7-11-23(22)30-17-16-19-8-4-3-5-9-19/h3-15H,16-18H2,1-2H3,(H,26,29). The molecule has 1 N–H and O–H groups in total. The van der Waals surface area contributed by atoms with Crippen LogP contribution in [-0.2, 0) is 17.6 Å². The fourth-order valence-corrected chi connectivity index (χ4v) is 2.94. The number of anilines is 1. The largest absolute Gasteiger partial charge is 0.492 e. The van der Waals surface area contributed by atoms with E-state index in [1.165, 1.54) is 5.56 Å². The summed E-state index contributed by atoms with van der Waals surface area (Å²) in [6, 6.07) is 24.6. The lowest BCUT2D eigenvalue weighted by molar-refractivity contribution is -0.127. The number of nitrogens with zero attached hydrogens (tertiary/aromatic N) is 1. The predicted octanol–water partition coefficient (Wildman–Crippen LogP) is 4.19. The number of para-hydroxylation sites is 1. The van der Waals surface area contributed by atoms with Gasteiger partial charge in [0.25, 0.3) is 5.91 Å². The highest BCUT2D eigenvalue weighted by Crippen LogP contribution is 2.20. The van der Waals surface area contributed by atoms with Crippen molar-refractivity contribution in [1.29, 1.82) is 0 Å². The molecule has 0 bridgehead atoms. The van der Waals surface area contributed by atoms with Crippen LogP contribution in [0.25, 0.3) is 0 Å². The molecule has 2 amide bonds. The number of hydrogen-bond acceptors (Lipinski definition) is 3. The summed E-state index contributed by atoms with van der Waals surface area (Å²) in [4.78, 5) is 26.1. The van der Waals surface area contributed by atoms with E-state index in [4.69, 9.17) is 4.74 Å². The fourth-order valence-electron chi connectivity index (χ4n) is 2.94. The Balaban J connectivity index is 1.60. The van der Waals surface area contributed by atoms with Crippen molar-refractivity contribution in [2.45, 2.75) is 12.8 Å². The van der Waals surface area contributed by atoms with Gasteiger partial charge >= 0.3 is 0 Å². The SMILES string of the molecule is CN(C)C(=O)Cc1ccc(NC(=O)c2ccccc2OCCc2ccccc2)cc1. The van der Waals surface area contributed by atoms with Crippen LogP contribution >= 0.6 is 0 Å². The Labute approximate surface area is 177 Å². The second kappa shape index (κ2) is 10.3. The molecule has 3 rings (SSSR count). The molecular weight excluding hydrogens is 376 g/mol. The van der Waals surface area contributed by atoms with Crippen LogP contribution in [0.4, 0.5) is 5.69 Å². The molecule has 0 saturated carbocycles. The lowest BCUT2D eigenvalue weighted by Crippen LogP contribution is -2.23. The summed E-state index contributed by atoms with van der Waals surface area (Å²) < 4.78 is 5.88. The molecule has 3 aromatic rings. The van der Waals surface area contributed by atoms with E-state index in [9.17, 15) is 9.59 Å². The van der Waals surface area contributed by atoms with Crippen LogP contribution in [0.5, 0.6) is 5.75 Å². The molecule has 0 atom stereocenters. The van der Waals surface area contributed by atoms with Crippen LogP contribution in [0.15, 0.2) is 78.9 Å². The first-order chi connectivity index (χ1) is 14.5. The third-order valence-corrected chi connectivity index (χ3v) is 4.69. The summed E-state index contributed by atoms with van der Waals surface area (Å²) in [5, 5.41) is 2.90. The molecule has 30 heavy (non-hydrogen) atoms. The number of benzene rings is 3. The van der Waals surface area contributed by atoms with E-state index in [0.717, 1.165) is 12.0 Å². The maximum atomic E-state index is 12.8. The first kappa shape index (κ1) is 21.1. The first-order valence-corrected chi connectivity index (χ1v) is 9.89. The molecule has 0 aliphatic carbocycles. The molecule has 0 aliphatic rings. The summed E-state index contributed by atoms with van der Waals surface area (Å²) in [6.07, 6.45) is 1.10. The van der Waals surface area contributed by atoms with Gasteiger partial charge < -0.3 is 15.0 Å². The summed E-state index contributed by atoms with van der Waals surface area (Å²) in [6.45, 7) is 0.489. The Hall–Kier alpha value is -3.60. The van der Waals surface area contributed by atoms with Crippen LogP contribution < -0.4 is 10.1 Å². The van der Waals surface area contributed by atoms with Crippen molar-refractivity contribution >= 4 is 17.5 Å². The van der Waals surface area contributed by atoms with Gasteiger partial charge in [0, 0.05) is 26.2 Å². The molecule has 0 aromatic heterocycles. The highest BCUT2D eigenvalue weighted by Gasteiger charge is 2.13. The van der Waals surface area contributed by atoms with Gasteiger partial charge in [-0.3, -0.25) is 9.59 Å². The third-order valence-electron chi connectivity index (χ3n) is 4.69. The number of hydrogen-bond donors (Lipinski definition) is 1. The Morgan fingerprint density at radius 1 is 0.833 bits per heavy atom. The van der Waals surface area contributed by atoms with Crippen LogP contribution in [0.3, 0.4) is 0 Å². The zero-order chi connectivity index (χ0) is 21.3. The monoisotopic (exact) mass is 402 g/mol. The Bertz CT molecular complexity index is 983. The zero-order valence-corrected chi connectivity index (χ0v) is 17.3. The van der Waals surface area contributed by atoms with Gasteiger partial charge in [0.1, 0.15) is 5.75 Å². The van der Waals surface area contributed by atoms with Gasteiger partial charge in [0.2, 0.25) is 5.91 Å². The van der Waals surface area contributed by atoms with E-state index in [-0.39, 0.29) is 11.8 Å². The molecule has 0 aliphatic heterocycles. The second-order valence-electron chi connectivity index (χ2n) is 7.20. The lowest BCUT2D eigenvalue weighted by atomic mass is 10.1. The highest BCUT2D eigenvalue weighted by molar-refractivity contribution is 6.06. The Morgan fingerprint density at radius 2 is 1.50 bits per heavy atom. The molecular formula is C25H26N2O3. The van der Waals surface area contributed by atoms with Crippen molar-refractivity contribution in [2.75, 3.05) is 26.0 Å². The van der Waals surface area contributed by atoms with E-state index < -0.39 is 0 Å². The number of carbonyl (C=O) groups excluding carboxylic acids is 2. The number of ether oxygens (including phenoxy) is 1. The second-order valence-corrected chi connectivity index (χ2v) is 7.20. The molecule has 0 unspecified atom stereocenters. The molecule has 0 heterocycles. The molecule has 0 radical (unpaired) electrons. The molecule has 0 saturated heterocycles. The number of carbonyl (C=O) groups is 2. The predicted molar refractivity (Wildman–Crippen MR) is 119 cm³/mol. The number of rotatable bonds is 8. The summed E-state index contributed by atoms with van der Waals surface area (Å²) >= 11 is 0. The Kier molecular flexibility index (Phi) is 7.22. The summed E-state index contributed by atoms with van der Waals surface area (Å²) in [5.74, 6) is 0.356. The molecule has 0 spiro atoms. The number of nitrogens with one attached hydrogen (secondary N) is 1. The van der Waals surface area contributed by atoms with Gasteiger partial charge in [-0.25, -0.2) is 0 Å². The maximum absolute atomic E-state index is 12.8. The molecule has 5 heteroatoms.